The second-order valence-electron chi connectivity index (χ2n) is 7.94. The molecule has 2 aromatic carbocycles. The van der Waals surface area contributed by atoms with Crippen LogP contribution in [0.25, 0.3) is 0 Å². The van der Waals surface area contributed by atoms with Crippen LogP contribution in [-0.4, -0.2) is 51.3 Å². The minimum Gasteiger partial charge on any atom is -0.497 e. The highest BCUT2D eigenvalue weighted by molar-refractivity contribution is 5.91. The molecular formula is C24H32FN3O3. The van der Waals surface area contributed by atoms with Gasteiger partial charge in [-0.25, -0.2) is 9.18 Å². The van der Waals surface area contributed by atoms with Crippen LogP contribution < -0.4 is 20.1 Å². The van der Waals surface area contributed by atoms with Crippen molar-refractivity contribution in [2.45, 2.75) is 25.7 Å². The molecule has 1 aliphatic heterocycles. The summed E-state index contributed by atoms with van der Waals surface area (Å²) in [5.41, 5.74) is 1.76. The monoisotopic (exact) mass is 429 g/mol. The highest BCUT2D eigenvalue weighted by Crippen LogP contribution is 2.28. The molecule has 2 N–H and O–H groups in total. The van der Waals surface area contributed by atoms with Gasteiger partial charge in [0.1, 0.15) is 17.3 Å². The molecule has 31 heavy (non-hydrogen) atoms. The average Bonchev–Trinajstić information content (AvgIpc) is 2.78. The predicted molar refractivity (Wildman–Crippen MR) is 120 cm³/mol. The third kappa shape index (κ3) is 7.14. The smallest absolute Gasteiger partial charge is 0.319 e. The first kappa shape index (κ1) is 22.9. The number of amides is 2. The van der Waals surface area contributed by atoms with Crippen molar-refractivity contribution in [2.24, 2.45) is 5.92 Å². The number of nitrogens with one attached hydrogen (secondary N) is 2. The van der Waals surface area contributed by atoms with Gasteiger partial charge in [0.25, 0.3) is 0 Å². The number of rotatable bonds is 9. The van der Waals surface area contributed by atoms with Gasteiger partial charge in [-0.3, -0.25) is 0 Å². The molecule has 0 saturated carbocycles. The van der Waals surface area contributed by atoms with E-state index in [2.05, 4.69) is 15.5 Å². The molecule has 0 radical (unpaired) electrons. The fourth-order valence-electron chi connectivity index (χ4n) is 4.06. The van der Waals surface area contributed by atoms with E-state index in [0.717, 1.165) is 32.5 Å². The normalized spacial score (nSPS) is 16.5. The minimum atomic E-state index is -0.264. The van der Waals surface area contributed by atoms with E-state index in [-0.39, 0.29) is 11.8 Å². The number of hydrogen-bond acceptors (Lipinski definition) is 4. The molecule has 1 saturated heterocycles. The lowest BCUT2D eigenvalue weighted by Crippen LogP contribution is -2.38. The van der Waals surface area contributed by atoms with Gasteiger partial charge >= 0.3 is 6.03 Å². The Morgan fingerprint density at radius 3 is 2.71 bits per heavy atom. The van der Waals surface area contributed by atoms with E-state index < -0.39 is 0 Å². The SMILES string of the molecule is COc1ccc(OC)c(NC(=O)NCCCN2CCC[C@@H](Cc3ccc(F)cc3)C2)c1. The van der Waals surface area contributed by atoms with Crippen LogP contribution in [0, 0.1) is 11.7 Å². The molecule has 1 atom stereocenters. The second-order valence-corrected chi connectivity index (χ2v) is 7.94. The van der Waals surface area contributed by atoms with Gasteiger partial charge in [-0.2, -0.15) is 0 Å². The number of carbonyl (C=O) groups excluding carboxylic acids is 1. The van der Waals surface area contributed by atoms with Crippen LogP contribution in [0.3, 0.4) is 0 Å². The van der Waals surface area contributed by atoms with Crippen molar-refractivity contribution >= 4 is 11.7 Å². The number of nitrogens with zero attached hydrogens (tertiary/aromatic N) is 1. The lowest BCUT2D eigenvalue weighted by molar-refractivity contribution is 0.172. The quantitative estimate of drug-likeness (QED) is 0.583. The van der Waals surface area contributed by atoms with E-state index in [4.69, 9.17) is 9.47 Å². The summed E-state index contributed by atoms with van der Waals surface area (Å²) in [5.74, 6) is 1.64. The van der Waals surface area contributed by atoms with Gasteiger partial charge in [0, 0.05) is 19.2 Å². The van der Waals surface area contributed by atoms with Crippen LogP contribution in [0.5, 0.6) is 11.5 Å². The second kappa shape index (κ2) is 11.6. The highest BCUT2D eigenvalue weighted by Gasteiger charge is 2.20. The van der Waals surface area contributed by atoms with Crippen LogP contribution in [0.1, 0.15) is 24.8 Å². The summed E-state index contributed by atoms with van der Waals surface area (Å²) in [6.07, 6.45) is 4.25. The lowest BCUT2D eigenvalue weighted by Gasteiger charge is -2.32. The van der Waals surface area contributed by atoms with Gasteiger partial charge in [0.05, 0.1) is 19.9 Å². The molecule has 7 heteroatoms. The molecule has 0 aromatic heterocycles. The molecule has 2 amide bonds. The van der Waals surface area contributed by atoms with Gasteiger partial charge in [-0.05, 0) is 74.5 Å². The Hall–Kier alpha value is -2.80. The molecule has 0 unspecified atom stereocenters. The highest BCUT2D eigenvalue weighted by atomic mass is 19.1. The molecule has 0 aliphatic carbocycles. The number of ether oxygens (including phenoxy) is 2. The number of urea groups is 1. The van der Waals surface area contributed by atoms with Crippen LogP contribution in [-0.2, 0) is 6.42 Å². The fourth-order valence-corrected chi connectivity index (χ4v) is 4.06. The van der Waals surface area contributed by atoms with Crippen LogP contribution in [0.4, 0.5) is 14.9 Å². The Kier molecular flexibility index (Phi) is 8.53. The summed E-state index contributed by atoms with van der Waals surface area (Å²) in [7, 11) is 3.14. The summed E-state index contributed by atoms with van der Waals surface area (Å²) >= 11 is 0. The molecule has 3 rings (SSSR count). The van der Waals surface area contributed by atoms with Crippen molar-refractivity contribution in [1.82, 2.24) is 10.2 Å². The Morgan fingerprint density at radius 1 is 1.16 bits per heavy atom. The van der Waals surface area contributed by atoms with E-state index >= 15 is 0 Å². The molecule has 2 aromatic rings. The maximum atomic E-state index is 13.1. The summed E-state index contributed by atoms with van der Waals surface area (Å²) in [5, 5.41) is 5.72. The van der Waals surface area contributed by atoms with Gasteiger partial charge in [-0.1, -0.05) is 12.1 Å². The van der Waals surface area contributed by atoms with Crippen LogP contribution in [0.15, 0.2) is 42.5 Å². The van der Waals surface area contributed by atoms with E-state index in [0.29, 0.717) is 29.6 Å². The number of halogens is 1. The topological polar surface area (TPSA) is 62.8 Å². The molecule has 0 bridgehead atoms. The summed E-state index contributed by atoms with van der Waals surface area (Å²) in [4.78, 5) is 14.7. The molecular weight excluding hydrogens is 397 g/mol. The average molecular weight is 430 g/mol. The summed E-state index contributed by atoms with van der Waals surface area (Å²) in [6.45, 7) is 3.68. The van der Waals surface area contributed by atoms with E-state index in [9.17, 15) is 9.18 Å². The summed E-state index contributed by atoms with van der Waals surface area (Å²) < 4.78 is 23.6. The number of methoxy groups -OCH3 is 2. The standard InChI is InChI=1S/C24H32FN3O3/c1-30-21-10-11-23(31-2)22(16-21)27-24(29)26-12-4-14-28-13-3-5-19(17-28)15-18-6-8-20(25)9-7-18/h6-11,16,19H,3-5,12-15,17H2,1-2H3,(H2,26,27,29)/t19-/m0/s1. The zero-order valence-electron chi connectivity index (χ0n) is 18.3. The van der Waals surface area contributed by atoms with E-state index in [1.165, 1.54) is 30.5 Å². The molecule has 1 fully saturated rings. The zero-order valence-corrected chi connectivity index (χ0v) is 18.3. The summed E-state index contributed by atoms with van der Waals surface area (Å²) in [6, 6.07) is 11.8. The molecule has 1 heterocycles. The molecule has 1 aliphatic rings. The number of carbonyl (C=O) groups is 1. The number of benzene rings is 2. The number of hydrogen-bond donors (Lipinski definition) is 2. The van der Waals surface area contributed by atoms with Crippen LogP contribution in [0.2, 0.25) is 0 Å². The van der Waals surface area contributed by atoms with Crippen molar-refractivity contribution < 1.29 is 18.7 Å². The first-order valence-electron chi connectivity index (χ1n) is 10.8. The molecule has 6 nitrogen and oxygen atoms in total. The van der Waals surface area contributed by atoms with Gasteiger partial charge < -0.3 is 25.0 Å². The van der Waals surface area contributed by atoms with Crippen molar-refractivity contribution in [2.75, 3.05) is 45.7 Å². The Morgan fingerprint density at radius 2 is 1.97 bits per heavy atom. The lowest BCUT2D eigenvalue weighted by atomic mass is 9.91. The Bertz CT molecular complexity index is 844. The van der Waals surface area contributed by atoms with Crippen molar-refractivity contribution in [1.29, 1.82) is 0 Å². The van der Waals surface area contributed by atoms with Gasteiger partial charge in [0.2, 0.25) is 0 Å². The number of likely N-dealkylation sites (tertiary alicyclic amines) is 1. The van der Waals surface area contributed by atoms with Gasteiger partial charge in [0.15, 0.2) is 0 Å². The number of piperidine rings is 1. The van der Waals surface area contributed by atoms with Crippen LogP contribution >= 0.6 is 0 Å². The Balaban J connectivity index is 1.38. The van der Waals surface area contributed by atoms with Crippen molar-refractivity contribution in [3.05, 3.63) is 53.8 Å². The largest absolute Gasteiger partial charge is 0.497 e. The maximum absolute atomic E-state index is 13.1. The predicted octanol–water partition coefficient (Wildman–Crippen LogP) is 4.31. The zero-order chi connectivity index (χ0) is 22.1. The third-order valence-corrected chi connectivity index (χ3v) is 5.63. The molecule has 168 valence electrons. The first-order valence-corrected chi connectivity index (χ1v) is 10.8. The van der Waals surface area contributed by atoms with Crippen molar-refractivity contribution in [3.63, 3.8) is 0 Å². The third-order valence-electron chi connectivity index (χ3n) is 5.63. The van der Waals surface area contributed by atoms with E-state index in [1.54, 1.807) is 32.4 Å². The fraction of sp³-hybridized carbons (Fsp3) is 0.458. The first-order chi connectivity index (χ1) is 15.1. The number of anilines is 1. The molecule has 0 spiro atoms. The maximum Gasteiger partial charge on any atom is 0.319 e. The van der Waals surface area contributed by atoms with E-state index in [1.807, 2.05) is 12.1 Å². The minimum absolute atomic E-state index is 0.185. The van der Waals surface area contributed by atoms with Gasteiger partial charge in [-0.15, -0.1) is 0 Å². The Labute approximate surface area is 183 Å². The van der Waals surface area contributed by atoms with Crippen molar-refractivity contribution in [3.8, 4) is 11.5 Å².